The van der Waals surface area contributed by atoms with Gasteiger partial charge in [-0.1, -0.05) is 18.3 Å². The molecule has 112 valence electrons. The van der Waals surface area contributed by atoms with Crippen molar-refractivity contribution in [1.29, 1.82) is 0 Å². The second-order valence-electron chi connectivity index (χ2n) is 5.38. The largest absolute Gasteiger partial charge is 0.394 e. The van der Waals surface area contributed by atoms with Gasteiger partial charge in [0.25, 0.3) is 5.91 Å². The molecule has 7 heteroatoms. The lowest BCUT2D eigenvalue weighted by molar-refractivity contribution is 0.0645. The summed E-state index contributed by atoms with van der Waals surface area (Å²) in [6.07, 6.45) is 3.67. The number of amides is 1. The minimum atomic E-state index is -0.455. The highest BCUT2D eigenvalue weighted by Crippen LogP contribution is 2.33. The summed E-state index contributed by atoms with van der Waals surface area (Å²) in [5, 5.41) is 13.1. The van der Waals surface area contributed by atoms with Crippen molar-refractivity contribution in [3.05, 3.63) is 4.88 Å². The number of aliphatic hydroxyl groups excluding tert-OH is 1. The van der Waals surface area contributed by atoms with Gasteiger partial charge in [-0.15, -0.1) is 0 Å². The van der Waals surface area contributed by atoms with Gasteiger partial charge in [-0.25, -0.2) is 4.98 Å². The summed E-state index contributed by atoms with van der Waals surface area (Å²) in [6, 6.07) is 0. The molecule has 0 aliphatic heterocycles. The average Bonchev–Trinajstić information content (AvgIpc) is 2.76. The van der Waals surface area contributed by atoms with E-state index in [0.717, 1.165) is 37.4 Å². The predicted molar refractivity (Wildman–Crippen MR) is 81.2 cm³/mol. The fourth-order valence-electron chi connectivity index (χ4n) is 2.30. The SMILES string of the molecule is CCCN(C)c1nc(N)c(C(=O)NC2(CO)CCC2)s1. The monoisotopic (exact) mass is 298 g/mol. The van der Waals surface area contributed by atoms with Gasteiger partial charge in [-0.05, 0) is 25.7 Å². The predicted octanol–water partition coefficient (Wildman–Crippen LogP) is 1.22. The van der Waals surface area contributed by atoms with Crippen LogP contribution in [0.3, 0.4) is 0 Å². The highest BCUT2D eigenvalue weighted by molar-refractivity contribution is 7.18. The van der Waals surface area contributed by atoms with Gasteiger partial charge in [0.2, 0.25) is 0 Å². The number of carbonyl (C=O) groups excluding carboxylic acids is 1. The van der Waals surface area contributed by atoms with Crippen molar-refractivity contribution in [2.24, 2.45) is 0 Å². The number of hydrogen-bond donors (Lipinski definition) is 3. The summed E-state index contributed by atoms with van der Waals surface area (Å²) in [6.45, 7) is 2.93. The lowest BCUT2D eigenvalue weighted by Crippen LogP contribution is -2.56. The smallest absolute Gasteiger partial charge is 0.265 e. The maximum absolute atomic E-state index is 12.3. The van der Waals surface area contributed by atoms with Crippen LogP contribution in [-0.4, -0.2) is 41.7 Å². The van der Waals surface area contributed by atoms with E-state index in [1.807, 2.05) is 11.9 Å². The molecule has 1 fully saturated rings. The number of hydrogen-bond acceptors (Lipinski definition) is 6. The average molecular weight is 298 g/mol. The second kappa shape index (κ2) is 5.97. The fraction of sp³-hybridized carbons (Fsp3) is 0.692. The number of carbonyl (C=O) groups is 1. The lowest BCUT2D eigenvalue weighted by atomic mass is 9.77. The number of thiazole rings is 1. The summed E-state index contributed by atoms with van der Waals surface area (Å²) in [5.74, 6) is 0.0303. The third-order valence-electron chi connectivity index (χ3n) is 3.73. The van der Waals surface area contributed by atoms with Gasteiger partial charge >= 0.3 is 0 Å². The molecule has 0 aromatic carbocycles. The zero-order valence-electron chi connectivity index (χ0n) is 12.0. The van der Waals surface area contributed by atoms with Crippen LogP contribution >= 0.6 is 11.3 Å². The van der Waals surface area contributed by atoms with Gasteiger partial charge in [-0.3, -0.25) is 4.79 Å². The molecule has 1 aliphatic carbocycles. The Kier molecular flexibility index (Phi) is 4.49. The van der Waals surface area contributed by atoms with Crippen molar-refractivity contribution in [2.75, 3.05) is 30.8 Å². The molecule has 6 nitrogen and oxygen atoms in total. The van der Waals surface area contributed by atoms with E-state index >= 15 is 0 Å². The van der Waals surface area contributed by atoms with Crippen molar-refractivity contribution in [2.45, 2.75) is 38.1 Å². The summed E-state index contributed by atoms with van der Waals surface area (Å²) in [7, 11) is 1.94. The van der Waals surface area contributed by atoms with Crippen molar-refractivity contribution in [3.8, 4) is 0 Å². The van der Waals surface area contributed by atoms with Gasteiger partial charge in [0.05, 0.1) is 12.1 Å². The minimum Gasteiger partial charge on any atom is -0.394 e. The Labute approximate surface area is 123 Å². The number of nitrogen functional groups attached to an aromatic ring is 1. The molecule has 1 aliphatic rings. The van der Waals surface area contributed by atoms with Gasteiger partial charge in [0.1, 0.15) is 10.7 Å². The minimum absolute atomic E-state index is 0.0277. The Morgan fingerprint density at radius 3 is 2.80 bits per heavy atom. The van der Waals surface area contributed by atoms with Crippen molar-refractivity contribution < 1.29 is 9.90 Å². The molecule has 0 bridgehead atoms. The third-order valence-corrected chi connectivity index (χ3v) is 4.91. The molecular formula is C13H22N4O2S. The number of aliphatic hydroxyl groups is 1. The molecule has 1 amide bonds. The first-order chi connectivity index (χ1) is 9.51. The highest BCUT2D eigenvalue weighted by Gasteiger charge is 2.38. The Bertz CT molecular complexity index is 479. The number of rotatable bonds is 6. The molecule has 0 saturated heterocycles. The van der Waals surface area contributed by atoms with Crippen molar-refractivity contribution in [1.82, 2.24) is 10.3 Å². The van der Waals surface area contributed by atoms with Crippen LogP contribution in [-0.2, 0) is 0 Å². The van der Waals surface area contributed by atoms with Gasteiger partial charge in [0, 0.05) is 13.6 Å². The number of aromatic nitrogens is 1. The molecule has 0 radical (unpaired) electrons. The number of nitrogens with zero attached hydrogens (tertiary/aromatic N) is 2. The van der Waals surface area contributed by atoms with Crippen LogP contribution in [0, 0.1) is 0 Å². The van der Waals surface area contributed by atoms with E-state index < -0.39 is 5.54 Å². The summed E-state index contributed by atoms with van der Waals surface area (Å²) >= 11 is 1.30. The van der Waals surface area contributed by atoms with Crippen molar-refractivity contribution in [3.63, 3.8) is 0 Å². The molecule has 20 heavy (non-hydrogen) atoms. The first kappa shape index (κ1) is 15.1. The molecule has 1 aromatic heterocycles. The summed E-state index contributed by atoms with van der Waals surface area (Å²) in [5.41, 5.74) is 5.39. The molecule has 0 atom stereocenters. The van der Waals surface area contributed by atoms with Crippen LogP contribution in [0.5, 0.6) is 0 Å². The zero-order valence-corrected chi connectivity index (χ0v) is 12.8. The van der Waals surface area contributed by atoms with E-state index in [2.05, 4.69) is 17.2 Å². The maximum Gasteiger partial charge on any atom is 0.265 e. The van der Waals surface area contributed by atoms with E-state index in [1.54, 1.807) is 0 Å². The summed E-state index contributed by atoms with van der Waals surface area (Å²) in [4.78, 5) is 18.9. The molecule has 0 unspecified atom stereocenters. The first-order valence-electron chi connectivity index (χ1n) is 6.92. The van der Waals surface area contributed by atoms with Crippen LogP contribution in [0.1, 0.15) is 42.3 Å². The third kappa shape index (κ3) is 2.88. The van der Waals surface area contributed by atoms with E-state index in [1.165, 1.54) is 11.3 Å². The van der Waals surface area contributed by atoms with E-state index in [4.69, 9.17) is 5.73 Å². The van der Waals surface area contributed by atoms with Crippen molar-refractivity contribution >= 4 is 28.2 Å². The molecule has 2 rings (SSSR count). The molecule has 1 saturated carbocycles. The van der Waals surface area contributed by atoms with E-state index in [-0.39, 0.29) is 18.3 Å². The number of nitrogens with two attached hydrogens (primary N) is 1. The molecule has 4 N–H and O–H groups in total. The van der Waals surface area contributed by atoms with Gasteiger partial charge in [0.15, 0.2) is 5.13 Å². The van der Waals surface area contributed by atoms with Crippen LogP contribution in [0.4, 0.5) is 10.9 Å². The topological polar surface area (TPSA) is 91.5 Å². The first-order valence-corrected chi connectivity index (χ1v) is 7.74. The van der Waals surface area contributed by atoms with E-state index in [0.29, 0.717) is 4.88 Å². The zero-order chi connectivity index (χ0) is 14.8. The summed E-state index contributed by atoms with van der Waals surface area (Å²) < 4.78 is 0. The fourth-order valence-corrected chi connectivity index (χ4v) is 3.17. The van der Waals surface area contributed by atoms with Crippen LogP contribution in [0.25, 0.3) is 0 Å². The van der Waals surface area contributed by atoms with Crippen LogP contribution in [0.15, 0.2) is 0 Å². The molecular weight excluding hydrogens is 276 g/mol. The quantitative estimate of drug-likeness (QED) is 0.734. The van der Waals surface area contributed by atoms with Crippen LogP contribution < -0.4 is 16.0 Å². The highest BCUT2D eigenvalue weighted by atomic mass is 32.1. The lowest BCUT2D eigenvalue weighted by Gasteiger charge is -2.40. The van der Waals surface area contributed by atoms with Gasteiger partial charge < -0.3 is 21.1 Å². The maximum atomic E-state index is 12.3. The standard InChI is InChI=1S/C13H22N4O2S/c1-3-7-17(2)12-15-10(14)9(20-12)11(19)16-13(8-18)5-4-6-13/h18H,3-8,14H2,1-2H3,(H,16,19). The Morgan fingerprint density at radius 2 is 2.30 bits per heavy atom. The second-order valence-corrected chi connectivity index (χ2v) is 6.36. The Morgan fingerprint density at radius 1 is 1.60 bits per heavy atom. The normalized spacial score (nSPS) is 16.6. The Balaban J connectivity index is 2.10. The number of anilines is 2. The molecule has 0 spiro atoms. The Hall–Kier alpha value is -1.34. The molecule has 1 aromatic rings. The molecule has 1 heterocycles. The van der Waals surface area contributed by atoms with Crippen LogP contribution in [0.2, 0.25) is 0 Å². The number of nitrogens with one attached hydrogen (secondary N) is 1. The van der Waals surface area contributed by atoms with E-state index in [9.17, 15) is 9.90 Å². The van der Waals surface area contributed by atoms with Gasteiger partial charge in [-0.2, -0.15) is 0 Å².